The van der Waals surface area contributed by atoms with E-state index in [9.17, 15) is 14.9 Å². The summed E-state index contributed by atoms with van der Waals surface area (Å²) in [6, 6.07) is 4.95. The highest BCUT2D eigenvalue weighted by Gasteiger charge is 2.16. The van der Waals surface area contributed by atoms with E-state index in [0.717, 1.165) is 31.9 Å². The molecule has 2 rings (SSSR count). The Kier molecular flexibility index (Phi) is 7.50. The van der Waals surface area contributed by atoms with E-state index in [-0.39, 0.29) is 24.7 Å². The summed E-state index contributed by atoms with van der Waals surface area (Å²) in [7, 11) is 0. The van der Waals surface area contributed by atoms with Gasteiger partial charge in [0.05, 0.1) is 17.1 Å². The van der Waals surface area contributed by atoms with E-state index in [0.29, 0.717) is 5.56 Å². The first-order valence-corrected chi connectivity index (χ1v) is 7.20. The summed E-state index contributed by atoms with van der Waals surface area (Å²) in [4.78, 5) is 24.2. The second kappa shape index (κ2) is 9.12. The number of esters is 1. The van der Waals surface area contributed by atoms with Crippen molar-refractivity contribution in [3.63, 3.8) is 0 Å². The van der Waals surface area contributed by atoms with Crippen molar-refractivity contribution in [3.05, 3.63) is 40.0 Å². The highest BCUT2D eigenvalue weighted by Crippen LogP contribution is 2.26. The predicted octanol–water partition coefficient (Wildman–Crippen LogP) is 2.00. The molecule has 8 heteroatoms. The molecule has 0 unspecified atom stereocenters. The average Bonchev–Trinajstić information content (AvgIpc) is 2.53. The van der Waals surface area contributed by atoms with Gasteiger partial charge in [0.1, 0.15) is 0 Å². The quantitative estimate of drug-likeness (QED) is 0.381. The zero-order valence-corrected chi connectivity index (χ0v) is 13.7. The monoisotopic (exact) mass is 341 g/mol. The summed E-state index contributed by atoms with van der Waals surface area (Å²) in [5.41, 5.74) is 1.28. The van der Waals surface area contributed by atoms with Crippen molar-refractivity contribution in [1.29, 1.82) is 0 Å². The van der Waals surface area contributed by atoms with Crippen LogP contribution in [0.25, 0.3) is 6.08 Å². The molecule has 1 N–H and O–H groups in total. The Labute approximate surface area is 140 Å². The third-order valence-corrected chi connectivity index (χ3v) is 3.38. The largest absolute Gasteiger partial charge is 0.463 e. The molecule has 1 aromatic rings. The molecule has 0 aromatic heterocycles. The van der Waals surface area contributed by atoms with Crippen molar-refractivity contribution in [2.24, 2.45) is 0 Å². The molecule has 1 aliphatic rings. The summed E-state index contributed by atoms with van der Waals surface area (Å²) < 4.78 is 4.80. The smallest absolute Gasteiger partial charge is 0.330 e. The van der Waals surface area contributed by atoms with Crippen LogP contribution >= 0.6 is 12.4 Å². The lowest BCUT2D eigenvalue weighted by molar-refractivity contribution is -0.385. The molecular weight excluding hydrogens is 322 g/mol. The van der Waals surface area contributed by atoms with E-state index in [1.54, 1.807) is 19.1 Å². The summed E-state index contributed by atoms with van der Waals surface area (Å²) in [6.07, 6.45) is 2.65. The minimum absolute atomic E-state index is 0. The summed E-state index contributed by atoms with van der Waals surface area (Å²) in [5, 5.41) is 14.4. The molecular formula is C15H20ClN3O4. The lowest BCUT2D eigenvalue weighted by Gasteiger charge is -2.29. The number of halogens is 1. The van der Waals surface area contributed by atoms with Gasteiger partial charge in [-0.3, -0.25) is 10.1 Å². The Morgan fingerprint density at radius 2 is 2.13 bits per heavy atom. The molecule has 0 saturated carbocycles. The van der Waals surface area contributed by atoms with E-state index in [4.69, 9.17) is 4.74 Å². The molecule has 7 nitrogen and oxygen atoms in total. The maximum absolute atomic E-state index is 11.4. The molecule has 1 aliphatic heterocycles. The van der Waals surface area contributed by atoms with E-state index in [2.05, 4.69) is 10.2 Å². The molecule has 0 bridgehead atoms. The van der Waals surface area contributed by atoms with Gasteiger partial charge in [-0.15, -0.1) is 12.4 Å². The molecule has 1 heterocycles. The number of rotatable bonds is 5. The van der Waals surface area contributed by atoms with Crippen molar-refractivity contribution >= 4 is 35.8 Å². The molecule has 23 heavy (non-hydrogen) atoms. The van der Waals surface area contributed by atoms with Crippen LogP contribution in [-0.2, 0) is 9.53 Å². The number of nitro groups is 1. The van der Waals surface area contributed by atoms with Crippen LogP contribution in [-0.4, -0.2) is 43.7 Å². The summed E-state index contributed by atoms with van der Waals surface area (Å²) in [5.74, 6) is -0.510. The van der Waals surface area contributed by atoms with Gasteiger partial charge < -0.3 is 15.0 Å². The van der Waals surface area contributed by atoms with Crippen LogP contribution < -0.4 is 10.2 Å². The van der Waals surface area contributed by atoms with Crippen molar-refractivity contribution in [2.75, 3.05) is 37.7 Å². The Balaban J connectivity index is 0.00000264. The number of piperazine rings is 1. The number of anilines is 1. The Bertz CT molecular complexity index is 586. The van der Waals surface area contributed by atoms with Crippen LogP contribution in [0.1, 0.15) is 12.5 Å². The Morgan fingerprint density at radius 1 is 1.43 bits per heavy atom. The average molecular weight is 342 g/mol. The van der Waals surface area contributed by atoms with Gasteiger partial charge in [-0.1, -0.05) is 0 Å². The third kappa shape index (κ3) is 5.22. The van der Waals surface area contributed by atoms with Crippen molar-refractivity contribution < 1.29 is 14.5 Å². The fourth-order valence-electron chi connectivity index (χ4n) is 2.31. The topological polar surface area (TPSA) is 84.7 Å². The van der Waals surface area contributed by atoms with Crippen molar-refractivity contribution in [1.82, 2.24) is 5.32 Å². The van der Waals surface area contributed by atoms with Crippen LogP contribution in [0.5, 0.6) is 0 Å². The number of nitro benzene ring substituents is 1. The molecule has 126 valence electrons. The fraction of sp³-hybridized carbons (Fsp3) is 0.400. The van der Waals surface area contributed by atoms with Crippen LogP contribution in [0.2, 0.25) is 0 Å². The Hall–Kier alpha value is -2.12. The molecule has 0 aliphatic carbocycles. The summed E-state index contributed by atoms with van der Waals surface area (Å²) >= 11 is 0. The molecule has 0 atom stereocenters. The van der Waals surface area contributed by atoms with Gasteiger partial charge in [-0.05, 0) is 25.1 Å². The van der Waals surface area contributed by atoms with E-state index >= 15 is 0 Å². The number of carbonyl (C=O) groups is 1. The minimum atomic E-state index is -0.510. The zero-order chi connectivity index (χ0) is 15.9. The van der Waals surface area contributed by atoms with Gasteiger partial charge in [0.25, 0.3) is 5.69 Å². The van der Waals surface area contributed by atoms with Crippen LogP contribution in [0.15, 0.2) is 24.3 Å². The number of benzene rings is 1. The molecule has 1 saturated heterocycles. The second-order valence-corrected chi connectivity index (χ2v) is 4.82. The molecule has 0 amide bonds. The van der Waals surface area contributed by atoms with Crippen molar-refractivity contribution in [3.8, 4) is 0 Å². The van der Waals surface area contributed by atoms with Gasteiger partial charge >= 0.3 is 5.97 Å². The number of hydrogen-bond donors (Lipinski definition) is 1. The first-order valence-electron chi connectivity index (χ1n) is 7.20. The highest BCUT2D eigenvalue weighted by atomic mass is 35.5. The lowest BCUT2D eigenvalue weighted by Crippen LogP contribution is -2.43. The van der Waals surface area contributed by atoms with Crippen LogP contribution in [0.4, 0.5) is 11.4 Å². The van der Waals surface area contributed by atoms with E-state index < -0.39 is 10.9 Å². The standard InChI is InChI=1S/C15H19N3O4.ClH/c1-2-22-15(19)6-3-12-11-13(4-5-14(12)18(20)21)17-9-7-16-8-10-17;/h3-6,11,16H,2,7-10H2,1H3;1H. The van der Waals surface area contributed by atoms with E-state index in [1.165, 1.54) is 18.2 Å². The van der Waals surface area contributed by atoms with Gasteiger partial charge in [0.2, 0.25) is 0 Å². The van der Waals surface area contributed by atoms with E-state index in [1.807, 2.05) is 0 Å². The van der Waals surface area contributed by atoms with Crippen LogP contribution in [0.3, 0.4) is 0 Å². The number of nitrogens with zero attached hydrogens (tertiary/aromatic N) is 2. The van der Waals surface area contributed by atoms with Gasteiger partial charge in [-0.25, -0.2) is 4.79 Å². The maximum atomic E-state index is 11.4. The lowest BCUT2D eigenvalue weighted by atomic mass is 10.1. The zero-order valence-electron chi connectivity index (χ0n) is 12.9. The first kappa shape index (κ1) is 18.9. The van der Waals surface area contributed by atoms with Crippen LogP contribution in [0, 0.1) is 10.1 Å². The molecule has 1 fully saturated rings. The maximum Gasteiger partial charge on any atom is 0.330 e. The predicted molar refractivity (Wildman–Crippen MR) is 91.1 cm³/mol. The second-order valence-electron chi connectivity index (χ2n) is 4.82. The SMILES string of the molecule is CCOC(=O)C=Cc1cc(N2CCNCC2)ccc1[N+](=O)[O-].Cl. The molecule has 0 spiro atoms. The number of nitrogens with one attached hydrogen (secondary N) is 1. The van der Waals surface area contributed by atoms with Gasteiger partial charge in [0, 0.05) is 44.0 Å². The molecule has 1 aromatic carbocycles. The number of carbonyl (C=O) groups excluding carboxylic acids is 1. The normalized spacial score (nSPS) is 14.4. The van der Waals surface area contributed by atoms with Gasteiger partial charge in [0.15, 0.2) is 0 Å². The summed E-state index contributed by atoms with van der Waals surface area (Å²) in [6.45, 7) is 5.43. The third-order valence-electron chi connectivity index (χ3n) is 3.38. The highest BCUT2D eigenvalue weighted by molar-refractivity contribution is 5.88. The Morgan fingerprint density at radius 3 is 2.74 bits per heavy atom. The van der Waals surface area contributed by atoms with Crippen molar-refractivity contribution in [2.45, 2.75) is 6.92 Å². The first-order chi connectivity index (χ1) is 10.6. The number of hydrogen-bond acceptors (Lipinski definition) is 6. The minimum Gasteiger partial charge on any atom is -0.463 e. The fourth-order valence-corrected chi connectivity index (χ4v) is 2.31. The number of ether oxygens (including phenoxy) is 1. The van der Waals surface area contributed by atoms with Gasteiger partial charge in [-0.2, -0.15) is 0 Å². The molecule has 0 radical (unpaired) electrons.